The zero-order valence-electron chi connectivity index (χ0n) is 23.0. The predicted octanol–water partition coefficient (Wildman–Crippen LogP) is 3.97. The molecule has 2 aromatic carbocycles. The minimum absolute atomic E-state index is 0.0153. The molecule has 3 atom stereocenters. The maximum absolute atomic E-state index is 12.8. The van der Waals surface area contributed by atoms with Crippen LogP contribution in [0.25, 0.3) is 0 Å². The van der Waals surface area contributed by atoms with Crippen molar-refractivity contribution in [1.29, 1.82) is 0 Å². The third-order valence-electron chi connectivity index (χ3n) is 8.04. The van der Waals surface area contributed by atoms with Crippen LogP contribution >= 0.6 is 15.9 Å². The van der Waals surface area contributed by atoms with Crippen molar-refractivity contribution in [2.45, 2.75) is 56.9 Å². The minimum Gasteiger partial charge on any atom is -0.491 e. The summed E-state index contributed by atoms with van der Waals surface area (Å²) in [6.45, 7) is 4.62. The van der Waals surface area contributed by atoms with Crippen molar-refractivity contribution >= 4 is 34.6 Å². The standard InChI is InChI=1S/C30H38BrNO6Si/c1-30(2,39(35,21-12-7-5-8-13-21)22-14-9-6-10-15-22)17-11-16-23-25(33)19-32-18-24(31)27(34)29(37-4)26(32)28(23)38-20-36-3/h5-10,12-15,18,23,25,28,33,35H,11,16-17,19-20H2,1-4H3. The number of nitrogens with zero attached hydrogens (tertiary/aromatic N) is 1. The number of halogens is 1. The second-order valence-electron chi connectivity index (χ2n) is 10.8. The molecule has 9 heteroatoms. The summed E-state index contributed by atoms with van der Waals surface area (Å²) in [4.78, 5) is 25.3. The van der Waals surface area contributed by atoms with Gasteiger partial charge in [0.05, 0.1) is 23.4 Å². The first kappa shape index (κ1) is 29.7. The third-order valence-corrected chi connectivity index (χ3v) is 13.2. The smallest absolute Gasteiger partial charge is 0.258 e. The Morgan fingerprint density at radius 1 is 1.05 bits per heavy atom. The number of hydrogen-bond acceptors (Lipinski definition) is 6. The van der Waals surface area contributed by atoms with Gasteiger partial charge in [0.1, 0.15) is 12.9 Å². The fraction of sp³-hybridized carbons (Fsp3) is 0.433. The molecule has 1 aromatic heterocycles. The van der Waals surface area contributed by atoms with Crippen molar-refractivity contribution in [3.63, 3.8) is 0 Å². The molecule has 0 saturated carbocycles. The van der Waals surface area contributed by atoms with E-state index in [2.05, 4.69) is 29.8 Å². The lowest BCUT2D eigenvalue weighted by molar-refractivity contribution is -0.129. The Morgan fingerprint density at radius 2 is 1.64 bits per heavy atom. The summed E-state index contributed by atoms with van der Waals surface area (Å²) < 4.78 is 19.0. The van der Waals surface area contributed by atoms with E-state index in [-0.39, 0.29) is 23.9 Å². The molecule has 1 aliphatic rings. The second kappa shape index (κ2) is 12.5. The van der Waals surface area contributed by atoms with E-state index in [9.17, 15) is 14.7 Å². The molecule has 39 heavy (non-hydrogen) atoms. The highest BCUT2D eigenvalue weighted by atomic mass is 79.9. The number of pyridine rings is 1. The topological polar surface area (TPSA) is 90.2 Å². The van der Waals surface area contributed by atoms with E-state index < -0.39 is 25.6 Å². The quantitative estimate of drug-likeness (QED) is 0.251. The van der Waals surface area contributed by atoms with Crippen LogP contribution in [0.2, 0.25) is 5.04 Å². The third kappa shape index (κ3) is 5.80. The summed E-state index contributed by atoms with van der Waals surface area (Å²) in [5.74, 6) is -0.0775. The molecule has 7 nitrogen and oxygen atoms in total. The first-order valence-electron chi connectivity index (χ1n) is 13.2. The van der Waals surface area contributed by atoms with Gasteiger partial charge in [-0.15, -0.1) is 0 Å². The van der Waals surface area contributed by atoms with Crippen LogP contribution in [0.4, 0.5) is 0 Å². The minimum atomic E-state index is -3.14. The number of aliphatic hydroxyl groups excluding tert-OH is 1. The van der Waals surface area contributed by atoms with Gasteiger partial charge in [-0.05, 0) is 44.2 Å². The highest BCUT2D eigenvalue weighted by Crippen LogP contribution is 2.44. The van der Waals surface area contributed by atoms with Gasteiger partial charge in [0.2, 0.25) is 5.43 Å². The molecule has 2 heterocycles. The Bertz CT molecular complexity index is 1260. The first-order chi connectivity index (χ1) is 18.7. The fourth-order valence-corrected chi connectivity index (χ4v) is 10.2. The number of benzene rings is 2. The van der Waals surface area contributed by atoms with Gasteiger partial charge in [0, 0.05) is 25.8 Å². The van der Waals surface area contributed by atoms with Crippen LogP contribution in [0.5, 0.6) is 5.75 Å². The maximum atomic E-state index is 12.8. The van der Waals surface area contributed by atoms with Gasteiger partial charge >= 0.3 is 0 Å². The highest BCUT2D eigenvalue weighted by molar-refractivity contribution is 9.10. The Kier molecular flexibility index (Phi) is 9.51. The molecule has 0 saturated heterocycles. The summed E-state index contributed by atoms with van der Waals surface area (Å²) >= 11 is 3.31. The number of methoxy groups -OCH3 is 2. The van der Waals surface area contributed by atoms with E-state index in [1.165, 1.54) is 7.11 Å². The summed E-state index contributed by atoms with van der Waals surface area (Å²) in [5, 5.41) is 12.8. The molecule has 0 radical (unpaired) electrons. The fourth-order valence-electron chi connectivity index (χ4n) is 5.96. The Labute approximate surface area is 239 Å². The van der Waals surface area contributed by atoms with Gasteiger partial charge < -0.3 is 28.7 Å². The largest absolute Gasteiger partial charge is 0.491 e. The van der Waals surface area contributed by atoms with E-state index in [0.29, 0.717) is 23.1 Å². The molecule has 4 rings (SSSR count). The normalized spacial score (nSPS) is 19.5. The summed E-state index contributed by atoms with van der Waals surface area (Å²) in [7, 11) is -0.128. The van der Waals surface area contributed by atoms with Gasteiger partial charge in [0.25, 0.3) is 8.32 Å². The molecule has 0 spiro atoms. The van der Waals surface area contributed by atoms with Crippen LogP contribution in [0.1, 0.15) is 44.9 Å². The lowest BCUT2D eigenvalue weighted by Crippen LogP contribution is -2.65. The summed E-state index contributed by atoms with van der Waals surface area (Å²) in [6, 6.07) is 20.0. The molecular formula is C30H38BrNO6Si. The lowest BCUT2D eigenvalue weighted by atomic mass is 9.84. The van der Waals surface area contributed by atoms with Crippen LogP contribution < -0.4 is 20.5 Å². The van der Waals surface area contributed by atoms with E-state index in [1.54, 1.807) is 13.3 Å². The first-order valence-corrected chi connectivity index (χ1v) is 16.0. The average Bonchev–Trinajstić information content (AvgIpc) is 2.94. The number of ether oxygens (including phenoxy) is 3. The maximum Gasteiger partial charge on any atom is 0.258 e. The molecule has 3 aromatic rings. The molecule has 0 fully saturated rings. The molecular weight excluding hydrogens is 578 g/mol. The van der Waals surface area contributed by atoms with E-state index in [0.717, 1.165) is 23.2 Å². The average molecular weight is 617 g/mol. The second-order valence-corrected chi connectivity index (χ2v) is 15.6. The number of hydrogen-bond donors (Lipinski definition) is 2. The van der Waals surface area contributed by atoms with E-state index in [4.69, 9.17) is 14.2 Å². The molecule has 1 aliphatic heterocycles. The highest BCUT2D eigenvalue weighted by Gasteiger charge is 2.50. The SMILES string of the molecule is COCOC1c2c(OC)c(=O)c(Br)cn2CC(O)C1CCCC(C)(C)[Si](O)(c1ccccc1)c1ccccc1. The van der Waals surface area contributed by atoms with Gasteiger partial charge in [-0.2, -0.15) is 0 Å². The van der Waals surface area contributed by atoms with Gasteiger partial charge in [0.15, 0.2) is 5.75 Å². The van der Waals surface area contributed by atoms with Gasteiger partial charge in [-0.1, -0.05) is 80.9 Å². The molecule has 210 valence electrons. The number of aromatic nitrogens is 1. The zero-order valence-corrected chi connectivity index (χ0v) is 25.6. The van der Waals surface area contributed by atoms with Gasteiger partial charge in [-0.25, -0.2) is 0 Å². The predicted molar refractivity (Wildman–Crippen MR) is 158 cm³/mol. The van der Waals surface area contributed by atoms with Crippen molar-refractivity contribution < 1.29 is 24.1 Å². The van der Waals surface area contributed by atoms with Crippen molar-refractivity contribution in [1.82, 2.24) is 4.57 Å². The van der Waals surface area contributed by atoms with Crippen molar-refractivity contribution in [2.24, 2.45) is 5.92 Å². The van der Waals surface area contributed by atoms with Crippen LogP contribution in [-0.2, 0) is 16.0 Å². The zero-order chi connectivity index (χ0) is 28.2. The van der Waals surface area contributed by atoms with Gasteiger partial charge in [-0.3, -0.25) is 4.79 Å². The van der Waals surface area contributed by atoms with Crippen LogP contribution in [0.15, 0.2) is 76.1 Å². The number of aliphatic hydroxyl groups is 1. The monoisotopic (exact) mass is 615 g/mol. The molecule has 3 unspecified atom stereocenters. The van der Waals surface area contributed by atoms with Crippen LogP contribution in [-0.4, -0.2) is 49.9 Å². The Balaban J connectivity index is 1.62. The van der Waals surface area contributed by atoms with Crippen LogP contribution in [0.3, 0.4) is 0 Å². The molecule has 0 bridgehead atoms. The molecule has 0 amide bonds. The summed E-state index contributed by atoms with van der Waals surface area (Å²) in [6.07, 6.45) is 2.52. The Hall–Kier alpha value is -2.27. The molecule has 0 aliphatic carbocycles. The molecule has 2 N–H and O–H groups in total. The summed E-state index contributed by atoms with van der Waals surface area (Å²) in [5.41, 5.74) is 0.351. The lowest BCUT2D eigenvalue weighted by Gasteiger charge is -2.42. The van der Waals surface area contributed by atoms with E-state index in [1.807, 2.05) is 65.2 Å². The van der Waals surface area contributed by atoms with Crippen LogP contribution in [0, 0.1) is 5.92 Å². The van der Waals surface area contributed by atoms with Crippen molar-refractivity contribution in [3.05, 3.63) is 87.3 Å². The Morgan fingerprint density at radius 3 is 2.18 bits per heavy atom. The van der Waals surface area contributed by atoms with Crippen molar-refractivity contribution in [3.8, 4) is 5.75 Å². The number of fused-ring (bicyclic) bond motifs is 1. The van der Waals surface area contributed by atoms with E-state index >= 15 is 0 Å². The van der Waals surface area contributed by atoms with Crippen molar-refractivity contribution in [2.75, 3.05) is 21.0 Å². The number of rotatable bonds is 11.